The Balaban J connectivity index is 2.28. The molecule has 0 amide bonds. The molecule has 0 spiro atoms. The van der Waals surface area contributed by atoms with Crippen molar-refractivity contribution in [1.82, 2.24) is 0 Å². The monoisotopic (exact) mass is 416 g/mol. The molecule has 0 N–H and O–H groups in total. The van der Waals surface area contributed by atoms with Crippen molar-refractivity contribution in [1.29, 1.82) is 0 Å². The first-order valence-electron chi connectivity index (χ1n) is 13.0. The van der Waals surface area contributed by atoms with E-state index in [0.29, 0.717) is 6.61 Å². The van der Waals surface area contributed by atoms with Crippen LogP contribution in [0.2, 0.25) is 0 Å². The van der Waals surface area contributed by atoms with Crippen LogP contribution in [0.4, 0.5) is 0 Å². The molecule has 0 aromatic heterocycles. The molecule has 2 nitrogen and oxygen atoms in total. The Morgan fingerprint density at radius 2 is 1.17 bits per heavy atom. The highest BCUT2D eigenvalue weighted by Crippen LogP contribution is 2.21. The molecular formula is C28H48O2. The summed E-state index contributed by atoms with van der Waals surface area (Å²) in [6.45, 7) is 5.03. The average molecular weight is 417 g/mol. The van der Waals surface area contributed by atoms with Crippen molar-refractivity contribution in [3.8, 4) is 0 Å². The summed E-state index contributed by atoms with van der Waals surface area (Å²) in [4.78, 5) is 12.7. The third-order valence-electron chi connectivity index (χ3n) is 6.12. The zero-order chi connectivity index (χ0) is 21.7. The largest absolute Gasteiger partial charge is 0.465 e. The number of hydrogen-bond acceptors (Lipinski definition) is 2. The first kappa shape index (κ1) is 26.7. The predicted molar refractivity (Wildman–Crippen MR) is 130 cm³/mol. The fraction of sp³-hybridized carbons (Fsp3) is 0.750. The quantitative estimate of drug-likeness (QED) is 0.157. The highest BCUT2D eigenvalue weighted by atomic mass is 16.5. The van der Waals surface area contributed by atoms with Crippen LogP contribution in [-0.2, 0) is 16.0 Å². The Labute approximate surface area is 187 Å². The van der Waals surface area contributed by atoms with Gasteiger partial charge in [0.1, 0.15) is 0 Å². The standard InChI is InChI=1S/C28H48O2/c1-3-5-7-9-11-12-14-19-23-27(22-18-13-10-8-6-4-2)28(29)30-25-24-26-20-16-15-17-21-26/h15-17,20-21,27H,3-14,18-19,22-25H2,1-2H3. The zero-order valence-corrected chi connectivity index (χ0v) is 20.0. The summed E-state index contributed by atoms with van der Waals surface area (Å²) in [6.07, 6.45) is 21.0. The Bertz CT molecular complexity index is 497. The second-order valence-corrected chi connectivity index (χ2v) is 8.92. The molecule has 2 heteroatoms. The van der Waals surface area contributed by atoms with E-state index < -0.39 is 0 Å². The molecule has 0 aliphatic carbocycles. The van der Waals surface area contributed by atoms with E-state index in [2.05, 4.69) is 26.0 Å². The van der Waals surface area contributed by atoms with Gasteiger partial charge in [-0.2, -0.15) is 0 Å². The van der Waals surface area contributed by atoms with E-state index >= 15 is 0 Å². The van der Waals surface area contributed by atoms with Crippen molar-refractivity contribution in [3.05, 3.63) is 35.9 Å². The van der Waals surface area contributed by atoms with E-state index in [1.807, 2.05) is 18.2 Å². The Morgan fingerprint density at radius 3 is 1.67 bits per heavy atom. The summed E-state index contributed by atoms with van der Waals surface area (Å²) < 4.78 is 5.69. The van der Waals surface area contributed by atoms with Crippen LogP contribution in [0.1, 0.15) is 122 Å². The fourth-order valence-corrected chi connectivity index (χ4v) is 4.11. The molecule has 0 bridgehead atoms. The second kappa shape index (κ2) is 19.6. The smallest absolute Gasteiger partial charge is 0.308 e. The number of ether oxygens (including phenoxy) is 1. The van der Waals surface area contributed by atoms with Gasteiger partial charge in [0.05, 0.1) is 12.5 Å². The van der Waals surface area contributed by atoms with Gasteiger partial charge in [-0.15, -0.1) is 0 Å². The second-order valence-electron chi connectivity index (χ2n) is 8.92. The van der Waals surface area contributed by atoms with Gasteiger partial charge < -0.3 is 4.74 Å². The summed E-state index contributed by atoms with van der Waals surface area (Å²) in [5.41, 5.74) is 1.24. The number of hydrogen-bond donors (Lipinski definition) is 0. The lowest BCUT2D eigenvalue weighted by Crippen LogP contribution is -2.19. The van der Waals surface area contributed by atoms with Crippen LogP contribution in [0.5, 0.6) is 0 Å². The minimum atomic E-state index is 0.0439. The summed E-state index contributed by atoms with van der Waals surface area (Å²) in [6, 6.07) is 10.3. The molecule has 30 heavy (non-hydrogen) atoms. The SMILES string of the molecule is CCCCCCCCCCC(CCCCCCCC)C(=O)OCCc1ccccc1. The minimum Gasteiger partial charge on any atom is -0.465 e. The van der Waals surface area contributed by atoms with Crippen LogP contribution in [-0.4, -0.2) is 12.6 Å². The molecule has 1 atom stereocenters. The predicted octanol–water partition coefficient (Wildman–Crippen LogP) is 8.67. The summed E-state index contributed by atoms with van der Waals surface area (Å²) in [5.74, 6) is 0.148. The van der Waals surface area contributed by atoms with Crippen molar-refractivity contribution < 1.29 is 9.53 Å². The van der Waals surface area contributed by atoms with Gasteiger partial charge in [0.2, 0.25) is 0 Å². The lowest BCUT2D eigenvalue weighted by atomic mass is 9.94. The lowest BCUT2D eigenvalue weighted by molar-refractivity contribution is -0.149. The van der Waals surface area contributed by atoms with Gasteiger partial charge >= 0.3 is 5.97 Å². The Morgan fingerprint density at radius 1 is 0.700 bits per heavy atom. The molecule has 1 aromatic rings. The molecule has 1 aromatic carbocycles. The van der Waals surface area contributed by atoms with E-state index in [1.165, 1.54) is 95.5 Å². The lowest BCUT2D eigenvalue weighted by Gasteiger charge is -2.16. The number of carbonyl (C=O) groups is 1. The molecule has 1 unspecified atom stereocenters. The third kappa shape index (κ3) is 14.6. The fourth-order valence-electron chi connectivity index (χ4n) is 4.11. The molecule has 0 fully saturated rings. The Hall–Kier alpha value is -1.31. The van der Waals surface area contributed by atoms with Crippen molar-refractivity contribution in [2.24, 2.45) is 5.92 Å². The van der Waals surface area contributed by atoms with Crippen molar-refractivity contribution in [2.45, 2.75) is 123 Å². The van der Waals surface area contributed by atoms with Gasteiger partial charge in [0, 0.05) is 6.42 Å². The number of carbonyl (C=O) groups excluding carboxylic acids is 1. The maximum atomic E-state index is 12.7. The number of benzene rings is 1. The molecule has 0 aliphatic heterocycles. The number of unbranched alkanes of at least 4 members (excludes halogenated alkanes) is 12. The summed E-state index contributed by atoms with van der Waals surface area (Å²) >= 11 is 0. The van der Waals surface area contributed by atoms with Gasteiger partial charge in [0.25, 0.3) is 0 Å². The first-order chi connectivity index (χ1) is 14.8. The molecule has 0 saturated heterocycles. The third-order valence-corrected chi connectivity index (χ3v) is 6.12. The average Bonchev–Trinajstić information content (AvgIpc) is 2.77. The van der Waals surface area contributed by atoms with Crippen LogP contribution in [0.3, 0.4) is 0 Å². The minimum absolute atomic E-state index is 0.0439. The highest BCUT2D eigenvalue weighted by Gasteiger charge is 2.19. The van der Waals surface area contributed by atoms with Gasteiger partial charge in [-0.1, -0.05) is 134 Å². The summed E-state index contributed by atoms with van der Waals surface area (Å²) in [7, 11) is 0. The number of rotatable bonds is 20. The van der Waals surface area contributed by atoms with Gasteiger partial charge in [-0.25, -0.2) is 0 Å². The van der Waals surface area contributed by atoms with Crippen LogP contribution >= 0.6 is 0 Å². The highest BCUT2D eigenvalue weighted by molar-refractivity contribution is 5.72. The molecule has 0 aliphatic rings. The van der Waals surface area contributed by atoms with Crippen molar-refractivity contribution >= 4 is 5.97 Å². The van der Waals surface area contributed by atoms with E-state index in [1.54, 1.807) is 0 Å². The molecular weight excluding hydrogens is 368 g/mol. The topological polar surface area (TPSA) is 26.3 Å². The zero-order valence-electron chi connectivity index (χ0n) is 20.0. The molecule has 0 radical (unpaired) electrons. The van der Waals surface area contributed by atoms with E-state index in [0.717, 1.165) is 19.3 Å². The maximum Gasteiger partial charge on any atom is 0.308 e. The van der Waals surface area contributed by atoms with E-state index in [4.69, 9.17) is 4.74 Å². The van der Waals surface area contributed by atoms with Crippen LogP contribution < -0.4 is 0 Å². The van der Waals surface area contributed by atoms with Gasteiger partial charge in [-0.05, 0) is 18.4 Å². The normalized spacial score (nSPS) is 12.1. The van der Waals surface area contributed by atoms with Crippen molar-refractivity contribution in [2.75, 3.05) is 6.61 Å². The molecule has 0 saturated carbocycles. The van der Waals surface area contributed by atoms with Crippen LogP contribution in [0.15, 0.2) is 30.3 Å². The molecule has 1 rings (SSSR count). The molecule has 172 valence electrons. The van der Waals surface area contributed by atoms with E-state index in [9.17, 15) is 4.79 Å². The van der Waals surface area contributed by atoms with Gasteiger partial charge in [0.15, 0.2) is 0 Å². The Kier molecular flexibility index (Phi) is 17.5. The number of esters is 1. The summed E-state index contributed by atoms with van der Waals surface area (Å²) in [5, 5.41) is 0. The molecule has 0 heterocycles. The first-order valence-corrected chi connectivity index (χ1v) is 13.0. The van der Waals surface area contributed by atoms with Crippen LogP contribution in [0.25, 0.3) is 0 Å². The van der Waals surface area contributed by atoms with E-state index in [-0.39, 0.29) is 11.9 Å². The van der Waals surface area contributed by atoms with Crippen LogP contribution in [0, 0.1) is 5.92 Å². The maximum absolute atomic E-state index is 12.7. The van der Waals surface area contributed by atoms with Gasteiger partial charge in [-0.3, -0.25) is 4.79 Å². The van der Waals surface area contributed by atoms with Crippen molar-refractivity contribution in [3.63, 3.8) is 0 Å².